The van der Waals surface area contributed by atoms with Crippen LogP contribution >= 0.6 is 22.9 Å². The number of thiophene rings is 1. The first-order valence-electron chi connectivity index (χ1n) is 7.91. The van der Waals surface area contributed by atoms with Crippen LogP contribution in [0.1, 0.15) is 16.0 Å². The molecule has 0 atom stereocenters. The van der Waals surface area contributed by atoms with E-state index in [2.05, 4.69) is 4.98 Å². The highest BCUT2D eigenvalue weighted by Crippen LogP contribution is 2.25. The van der Waals surface area contributed by atoms with Crippen molar-refractivity contribution >= 4 is 39.1 Å². The first-order valence-corrected chi connectivity index (χ1v) is 9.11. The fourth-order valence-electron chi connectivity index (χ4n) is 2.66. The Bertz CT molecular complexity index is 1040. The number of carbonyl (C=O) groups excluding carboxylic acids is 1. The second-order valence-electron chi connectivity index (χ2n) is 6.09. The third kappa shape index (κ3) is 3.37. The molecule has 1 aromatic carbocycles. The normalized spacial score (nSPS) is 11.1. The zero-order valence-corrected chi connectivity index (χ0v) is 16.1. The molecule has 26 heavy (non-hydrogen) atoms. The van der Waals surface area contributed by atoms with Gasteiger partial charge in [0.2, 0.25) is 5.91 Å². The topological polar surface area (TPSA) is 55.2 Å². The fourth-order valence-corrected chi connectivity index (χ4v) is 3.87. The molecule has 3 aromatic rings. The number of amides is 1. The average Bonchev–Trinajstić information content (AvgIpc) is 2.88. The first-order chi connectivity index (χ1) is 12.3. The predicted octanol–water partition coefficient (Wildman–Crippen LogP) is 3.53. The molecule has 0 aliphatic heterocycles. The molecule has 0 saturated heterocycles. The van der Waals surface area contributed by atoms with Crippen LogP contribution in [0, 0.1) is 19.7 Å². The van der Waals surface area contributed by atoms with Gasteiger partial charge in [0.15, 0.2) is 0 Å². The van der Waals surface area contributed by atoms with Crippen LogP contribution in [-0.4, -0.2) is 27.4 Å². The third-order valence-electron chi connectivity index (χ3n) is 4.34. The Morgan fingerprint density at radius 3 is 2.81 bits per heavy atom. The van der Waals surface area contributed by atoms with E-state index in [0.717, 1.165) is 10.4 Å². The van der Waals surface area contributed by atoms with Crippen molar-refractivity contribution in [1.82, 2.24) is 14.5 Å². The Morgan fingerprint density at radius 2 is 2.12 bits per heavy atom. The van der Waals surface area contributed by atoms with E-state index in [9.17, 15) is 14.0 Å². The largest absolute Gasteiger partial charge is 0.340 e. The molecule has 0 spiro atoms. The van der Waals surface area contributed by atoms with E-state index in [1.807, 2.05) is 13.8 Å². The quantitative estimate of drug-likeness (QED) is 0.681. The number of nitrogens with zero attached hydrogens (tertiary/aromatic N) is 3. The van der Waals surface area contributed by atoms with Crippen LogP contribution in [0.3, 0.4) is 0 Å². The number of rotatable bonds is 4. The highest BCUT2D eigenvalue weighted by molar-refractivity contribution is 7.18. The maximum Gasteiger partial charge on any atom is 0.262 e. The van der Waals surface area contributed by atoms with Crippen LogP contribution in [0.4, 0.5) is 4.39 Å². The van der Waals surface area contributed by atoms with E-state index >= 15 is 0 Å². The predicted molar refractivity (Wildman–Crippen MR) is 101 cm³/mol. The van der Waals surface area contributed by atoms with Gasteiger partial charge < -0.3 is 4.90 Å². The summed E-state index contributed by atoms with van der Waals surface area (Å²) < 4.78 is 15.2. The zero-order chi connectivity index (χ0) is 19.0. The number of halogens is 2. The van der Waals surface area contributed by atoms with Gasteiger partial charge in [-0.15, -0.1) is 11.3 Å². The monoisotopic (exact) mass is 393 g/mol. The Hall–Kier alpha value is -2.25. The molecule has 0 aliphatic rings. The molecule has 8 heteroatoms. The van der Waals surface area contributed by atoms with Gasteiger partial charge >= 0.3 is 0 Å². The van der Waals surface area contributed by atoms with Gasteiger partial charge in [-0.05, 0) is 31.5 Å². The summed E-state index contributed by atoms with van der Waals surface area (Å²) in [6.45, 7) is 3.66. The Labute approximate surface area is 158 Å². The van der Waals surface area contributed by atoms with Crippen LogP contribution in [0.5, 0.6) is 0 Å². The van der Waals surface area contributed by atoms with Crippen molar-refractivity contribution in [2.45, 2.75) is 26.9 Å². The van der Waals surface area contributed by atoms with Crippen LogP contribution in [0.15, 0.2) is 29.3 Å². The lowest BCUT2D eigenvalue weighted by atomic mass is 10.2. The number of hydrogen-bond donors (Lipinski definition) is 0. The fraction of sp³-hybridized carbons (Fsp3) is 0.278. The summed E-state index contributed by atoms with van der Waals surface area (Å²) in [6.07, 6.45) is 1.38. The summed E-state index contributed by atoms with van der Waals surface area (Å²) >= 11 is 7.46. The molecule has 0 bridgehead atoms. The molecule has 3 rings (SSSR count). The van der Waals surface area contributed by atoms with E-state index < -0.39 is 5.82 Å². The van der Waals surface area contributed by atoms with Crippen LogP contribution in [0.25, 0.3) is 10.2 Å². The number of aryl methyl sites for hydroxylation is 2. The molecule has 0 aliphatic carbocycles. The SMILES string of the molecule is Cc1sc2ncn(CC(=O)N(C)Cc3c(F)cccc3Cl)c(=O)c2c1C. The van der Waals surface area contributed by atoms with Crippen LogP contribution in [-0.2, 0) is 17.9 Å². The highest BCUT2D eigenvalue weighted by atomic mass is 35.5. The lowest BCUT2D eigenvalue weighted by Gasteiger charge is -2.19. The summed E-state index contributed by atoms with van der Waals surface area (Å²) in [7, 11) is 1.54. The molecule has 0 N–H and O–H groups in total. The second-order valence-corrected chi connectivity index (χ2v) is 7.70. The maximum atomic E-state index is 13.9. The molecule has 0 saturated carbocycles. The summed E-state index contributed by atoms with van der Waals surface area (Å²) in [5, 5.41) is 0.803. The molecular formula is C18H17ClFN3O2S. The first kappa shape index (κ1) is 18.5. The Kier molecular flexibility index (Phi) is 5.11. The summed E-state index contributed by atoms with van der Waals surface area (Å²) in [5.41, 5.74) is 0.883. The summed E-state index contributed by atoms with van der Waals surface area (Å²) in [5.74, 6) is -0.807. The highest BCUT2D eigenvalue weighted by Gasteiger charge is 2.17. The summed E-state index contributed by atoms with van der Waals surface area (Å²) in [6, 6.07) is 4.38. The minimum atomic E-state index is -0.471. The smallest absolute Gasteiger partial charge is 0.262 e. The number of likely N-dealkylation sites (N-methyl/N-ethyl adjacent to an activating group) is 1. The lowest BCUT2D eigenvalue weighted by Crippen LogP contribution is -2.34. The molecule has 5 nitrogen and oxygen atoms in total. The van der Waals surface area contributed by atoms with Gasteiger partial charge in [0.1, 0.15) is 17.2 Å². The van der Waals surface area contributed by atoms with E-state index in [0.29, 0.717) is 10.2 Å². The van der Waals surface area contributed by atoms with Gasteiger partial charge in [0.25, 0.3) is 5.56 Å². The minimum absolute atomic E-state index is 0.0192. The lowest BCUT2D eigenvalue weighted by molar-refractivity contribution is -0.131. The molecule has 1 amide bonds. The molecule has 0 radical (unpaired) electrons. The third-order valence-corrected chi connectivity index (χ3v) is 5.81. The van der Waals surface area contributed by atoms with Gasteiger partial charge in [-0.25, -0.2) is 9.37 Å². The van der Waals surface area contributed by atoms with Crippen molar-refractivity contribution in [3.8, 4) is 0 Å². The van der Waals surface area contributed by atoms with Gasteiger partial charge in [0.05, 0.1) is 11.7 Å². The van der Waals surface area contributed by atoms with Crippen molar-refractivity contribution < 1.29 is 9.18 Å². The van der Waals surface area contributed by atoms with Crippen LogP contribution < -0.4 is 5.56 Å². The molecule has 0 unspecified atom stereocenters. The van der Waals surface area contributed by atoms with Gasteiger partial charge in [0, 0.05) is 29.1 Å². The number of aromatic nitrogens is 2. The van der Waals surface area contributed by atoms with E-state index in [1.165, 1.54) is 39.3 Å². The number of hydrogen-bond acceptors (Lipinski definition) is 4. The van der Waals surface area contributed by atoms with Gasteiger partial charge in [-0.3, -0.25) is 14.2 Å². The van der Waals surface area contributed by atoms with E-state index in [-0.39, 0.29) is 35.1 Å². The van der Waals surface area contributed by atoms with Gasteiger partial charge in [-0.2, -0.15) is 0 Å². The maximum absolute atomic E-state index is 13.9. The molecule has 136 valence electrons. The van der Waals surface area contributed by atoms with Crippen molar-refractivity contribution in [2.75, 3.05) is 7.05 Å². The van der Waals surface area contributed by atoms with Crippen molar-refractivity contribution in [3.05, 3.63) is 61.7 Å². The second kappa shape index (κ2) is 7.17. The number of benzene rings is 1. The van der Waals surface area contributed by atoms with Crippen molar-refractivity contribution in [1.29, 1.82) is 0 Å². The van der Waals surface area contributed by atoms with E-state index in [1.54, 1.807) is 13.1 Å². The summed E-state index contributed by atoms with van der Waals surface area (Å²) in [4.78, 5) is 32.5. The molecule has 2 heterocycles. The molecular weight excluding hydrogens is 377 g/mol. The molecule has 2 aromatic heterocycles. The van der Waals surface area contributed by atoms with Crippen molar-refractivity contribution in [3.63, 3.8) is 0 Å². The Balaban J connectivity index is 1.84. The molecule has 0 fully saturated rings. The average molecular weight is 394 g/mol. The van der Waals surface area contributed by atoms with Crippen LogP contribution in [0.2, 0.25) is 5.02 Å². The minimum Gasteiger partial charge on any atom is -0.340 e. The zero-order valence-electron chi connectivity index (χ0n) is 14.5. The number of carbonyl (C=O) groups is 1. The van der Waals surface area contributed by atoms with E-state index in [4.69, 9.17) is 11.6 Å². The standard InChI is InChI=1S/C18H17ClFN3O2S/c1-10-11(2)26-17-16(10)18(25)23(9-21-17)8-15(24)22(3)7-12-13(19)5-4-6-14(12)20/h4-6,9H,7-8H2,1-3H3. The Morgan fingerprint density at radius 1 is 1.38 bits per heavy atom. The van der Waals surface area contributed by atoms with Gasteiger partial charge in [-0.1, -0.05) is 17.7 Å². The van der Waals surface area contributed by atoms with Crippen molar-refractivity contribution in [2.24, 2.45) is 0 Å². The number of fused-ring (bicyclic) bond motifs is 1.